The maximum absolute atomic E-state index is 10.7. The van der Waals surface area contributed by atoms with Gasteiger partial charge in [-0.25, -0.2) is 15.0 Å². The van der Waals surface area contributed by atoms with E-state index < -0.39 is 24.3 Å². The normalized spacial score (nSPS) is 22.0. The molecule has 0 aromatic carbocycles. The maximum atomic E-state index is 10.7. The van der Waals surface area contributed by atoms with Crippen molar-refractivity contribution in [2.75, 3.05) is 23.5 Å². The van der Waals surface area contributed by atoms with Gasteiger partial charge in [0, 0.05) is 12.5 Å². The lowest BCUT2D eigenvalue weighted by Gasteiger charge is -2.17. The number of carbonyl (C=O) groups is 1. The number of hydrogen-bond donors (Lipinski definition) is 3. The molecule has 0 spiro atoms. The van der Waals surface area contributed by atoms with Crippen molar-refractivity contribution in [3.05, 3.63) is 24.5 Å². The summed E-state index contributed by atoms with van der Waals surface area (Å²) in [7, 11) is -0.150. The summed E-state index contributed by atoms with van der Waals surface area (Å²) in [5.41, 5.74) is 12.2. The molecule has 26 heavy (non-hydrogen) atoms. The van der Waals surface area contributed by atoms with Crippen molar-refractivity contribution in [3.63, 3.8) is 0 Å². The zero-order chi connectivity index (χ0) is 18.8. The molecule has 2 aromatic heterocycles. The minimum Gasteiger partial charge on any atom is -0.548 e. The number of carboxylic acid groups (broad SMARTS) is 1. The number of nitrogen functional groups attached to an aromatic ring is 1. The Hall–Kier alpha value is -2.37. The molecule has 4 atom stereocenters. The zero-order valence-corrected chi connectivity index (χ0v) is 14.9. The number of aliphatic hydroxyl groups is 1. The van der Waals surface area contributed by atoms with E-state index in [9.17, 15) is 15.0 Å². The summed E-state index contributed by atoms with van der Waals surface area (Å²) in [5, 5.41) is 21.0. The molecule has 0 amide bonds. The average molecular weight is 380 g/mol. The predicted molar refractivity (Wildman–Crippen MR) is 94.6 cm³/mol. The third-order valence-corrected chi connectivity index (χ3v) is 5.76. The van der Waals surface area contributed by atoms with Crippen LogP contribution < -0.4 is 16.6 Å². The SMILES string of the molecule is C[S+](CC[C@H](N)C(=O)[O-])CC1=C[C@@H](O)[C@H](n2cnc3c(N)ncnc32)O1. The second-order valence-corrected chi connectivity index (χ2v) is 8.32. The van der Waals surface area contributed by atoms with Gasteiger partial charge in [-0.15, -0.1) is 0 Å². The highest BCUT2D eigenvalue weighted by molar-refractivity contribution is 7.96. The summed E-state index contributed by atoms with van der Waals surface area (Å²) >= 11 is 0. The van der Waals surface area contributed by atoms with Crippen LogP contribution >= 0.6 is 0 Å². The fourth-order valence-electron chi connectivity index (χ4n) is 2.66. The average Bonchev–Trinajstić information content (AvgIpc) is 3.16. The second kappa shape index (κ2) is 7.48. The van der Waals surface area contributed by atoms with Crippen molar-refractivity contribution in [1.82, 2.24) is 19.5 Å². The molecule has 5 N–H and O–H groups in total. The summed E-state index contributed by atoms with van der Waals surface area (Å²) in [6, 6.07) is -0.968. The first-order valence-electron chi connectivity index (χ1n) is 7.91. The quantitative estimate of drug-likeness (QED) is 0.456. The van der Waals surface area contributed by atoms with Gasteiger partial charge in [-0.1, -0.05) is 0 Å². The number of imidazole rings is 1. The first-order valence-corrected chi connectivity index (χ1v) is 9.88. The molecule has 11 heteroatoms. The van der Waals surface area contributed by atoms with E-state index in [2.05, 4.69) is 15.0 Å². The van der Waals surface area contributed by atoms with Crippen LogP contribution in [-0.4, -0.2) is 60.5 Å². The Kier molecular flexibility index (Phi) is 5.30. The van der Waals surface area contributed by atoms with Crippen LogP contribution in [0.15, 0.2) is 24.5 Å². The molecule has 2 aromatic rings. The van der Waals surface area contributed by atoms with Gasteiger partial charge in [0.05, 0.1) is 12.2 Å². The van der Waals surface area contributed by atoms with Crippen molar-refractivity contribution in [3.8, 4) is 0 Å². The van der Waals surface area contributed by atoms with E-state index in [1.54, 1.807) is 10.6 Å². The Morgan fingerprint density at radius 1 is 1.50 bits per heavy atom. The van der Waals surface area contributed by atoms with E-state index in [1.165, 1.54) is 12.7 Å². The minimum atomic E-state index is -1.25. The van der Waals surface area contributed by atoms with Crippen LogP contribution in [0.2, 0.25) is 0 Å². The van der Waals surface area contributed by atoms with Gasteiger partial charge in [0.2, 0.25) is 6.23 Å². The second-order valence-electron chi connectivity index (χ2n) is 6.06. The number of hydrogen-bond acceptors (Lipinski definition) is 9. The van der Waals surface area contributed by atoms with Gasteiger partial charge in [0.15, 0.2) is 17.2 Å². The first-order chi connectivity index (χ1) is 12.4. The topological polar surface area (TPSA) is 165 Å². The Balaban J connectivity index is 1.64. The van der Waals surface area contributed by atoms with Crippen molar-refractivity contribution >= 4 is 33.8 Å². The van der Waals surface area contributed by atoms with E-state index in [4.69, 9.17) is 16.2 Å². The molecular formula is C15H20N6O4S. The molecule has 0 bridgehead atoms. The Labute approximate surface area is 152 Å². The lowest BCUT2D eigenvalue weighted by molar-refractivity contribution is -0.307. The van der Waals surface area contributed by atoms with Crippen LogP contribution in [0.1, 0.15) is 12.6 Å². The molecular weight excluding hydrogens is 360 g/mol. The standard InChI is InChI=1S/C15H20N6O4S/c1-26(3-2-9(16)15(23)24)5-8-4-10(22)14(25-8)21-7-20-11-12(17)18-6-19-13(11)21/h4,6-7,9-10,14,22H,2-3,5,16H2,1H3,(H2-,17,18,19,23,24)/t9-,10+,14+,26?/m0/s1. The summed E-state index contributed by atoms with van der Waals surface area (Å²) in [6.07, 6.45) is 5.26. The van der Waals surface area contributed by atoms with Gasteiger partial charge in [0.1, 0.15) is 35.8 Å². The Morgan fingerprint density at radius 3 is 3.00 bits per heavy atom. The van der Waals surface area contributed by atoms with Crippen molar-refractivity contribution in [2.45, 2.75) is 24.8 Å². The lowest BCUT2D eigenvalue weighted by atomic mass is 10.2. The van der Waals surface area contributed by atoms with Crippen molar-refractivity contribution < 1.29 is 19.7 Å². The Morgan fingerprint density at radius 2 is 2.27 bits per heavy atom. The number of fused-ring (bicyclic) bond motifs is 1. The van der Waals surface area contributed by atoms with Crippen LogP contribution in [0.3, 0.4) is 0 Å². The predicted octanol–water partition coefficient (Wildman–Crippen LogP) is -2.10. The van der Waals surface area contributed by atoms with Gasteiger partial charge in [-0.05, 0) is 17.0 Å². The van der Waals surface area contributed by atoms with E-state index in [0.29, 0.717) is 34.8 Å². The summed E-state index contributed by atoms with van der Waals surface area (Å²) in [4.78, 5) is 22.9. The summed E-state index contributed by atoms with van der Waals surface area (Å²) in [6.45, 7) is 0. The number of ether oxygens (including phenoxy) is 1. The van der Waals surface area contributed by atoms with Crippen LogP contribution in [0.5, 0.6) is 0 Å². The number of aromatic nitrogens is 4. The molecule has 0 saturated carbocycles. The molecule has 0 fully saturated rings. The first kappa shape index (κ1) is 18.4. The molecule has 1 aliphatic heterocycles. The van der Waals surface area contributed by atoms with Crippen molar-refractivity contribution in [1.29, 1.82) is 0 Å². The number of aliphatic carboxylic acids is 1. The molecule has 0 saturated heterocycles. The van der Waals surface area contributed by atoms with Gasteiger partial charge in [-0.3, -0.25) is 4.57 Å². The number of rotatable bonds is 7. The summed E-state index contributed by atoms with van der Waals surface area (Å²) < 4.78 is 7.48. The highest BCUT2D eigenvalue weighted by Crippen LogP contribution is 2.30. The maximum Gasteiger partial charge on any atom is 0.208 e. The smallest absolute Gasteiger partial charge is 0.208 e. The fraction of sp³-hybridized carbons (Fsp3) is 0.467. The third-order valence-electron chi connectivity index (χ3n) is 4.05. The van der Waals surface area contributed by atoms with Gasteiger partial charge >= 0.3 is 0 Å². The highest BCUT2D eigenvalue weighted by atomic mass is 32.2. The monoisotopic (exact) mass is 380 g/mol. The molecule has 3 rings (SSSR count). The van der Waals surface area contributed by atoms with Gasteiger partial charge in [0.25, 0.3) is 0 Å². The largest absolute Gasteiger partial charge is 0.548 e. The zero-order valence-electron chi connectivity index (χ0n) is 14.1. The fourth-order valence-corrected chi connectivity index (χ4v) is 4.11. The molecule has 1 unspecified atom stereocenters. The van der Waals surface area contributed by atoms with E-state index in [1.807, 2.05) is 6.26 Å². The lowest BCUT2D eigenvalue weighted by Crippen LogP contribution is -2.42. The molecule has 10 nitrogen and oxygen atoms in total. The number of nitrogens with two attached hydrogens (primary N) is 2. The number of nitrogens with zero attached hydrogens (tertiary/aromatic N) is 4. The molecule has 1 aliphatic rings. The molecule has 0 aliphatic carbocycles. The van der Waals surface area contributed by atoms with Gasteiger partial charge < -0.3 is 31.2 Å². The molecule has 140 valence electrons. The van der Waals surface area contributed by atoms with E-state index in [-0.39, 0.29) is 16.7 Å². The summed E-state index contributed by atoms with van der Waals surface area (Å²) in [5.74, 6) is 0.862. The van der Waals surface area contributed by atoms with Crippen LogP contribution in [-0.2, 0) is 20.4 Å². The van der Waals surface area contributed by atoms with Crippen LogP contribution in [0.4, 0.5) is 5.82 Å². The Bertz CT molecular complexity index is 841. The third kappa shape index (κ3) is 3.74. The number of carboxylic acids is 1. The molecule has 3 heterocycles. The van der Waals surface area contributed by atoms with Crippen LogP contribution in [0.25, 0.3) is 11.2 Å². The highest BCUT2D eigenvalue weighted by Gasteiger charge is 2.33. The van der Waals surface area contributed by atoms with E-state index >= 15 is 0 Å². The van der Waals surface area contributed by atoms with Crippen molar-refractivity contribution in [2.24, 2.45) is 5.73 Å². The number of anilines is 1. The molecule has 0 radical (unpaired) electrons. The number of aliphatic hydroxyl groups excluding tert-OH is 1. The van der Waals surface area contributed by atoms with Crippen LogP contribution in [0, 0.1) is 0 Å². The van der Waals surface area contributed by atoms with E-state index in [0.717, 1.165) is 0 Å². The van der Waals surface area contributed by atoms with Gasteiger partial charge in [-0.2, -0.15) is 0 Å². The number of carbonyl (C=O) groups excluding carboxylic acids is 1. The minimum absolute atomic E-state index is 0.150.